The highest BCUT2D eigenvalue weighted by atomic mass is 16.2. The van der Waals surface area contributed by atoms with Crippen molar-refractivity contribution < 1.29 is 9.59 Å². The Labute approximate surface area is 108 Å². The van der Waals surface area contributed by atoms with Crippen LogP contribution >= 0.6 is 0 Å². The molecule has 1 aromatic rings. The number of hydrogen-bond acceptors (Lipinski definition) is 3. The minimum atomic E-state index is -0.735. The third-order valence-corrected chi connectivity index (χ3v) is 2.78. The smallest absolute Gasteiger partial charge is 0.237 e. The molecule has 0 aliphatic heterocycles. The largest absolute Gasteiger partial charge is 0.352 e. The molecule has 2 atom stereocenters. The first kappa shape index (κ1) is 14.4. The van der Waals surface area contributed by atoms with E-state index in [2.05, 4.69) is 17.4 Å². The highest BCUT2D eigenvalue weighted by molar-refractivity contribution is 5.83. The van der Waals surface area contributed by atoms with Gasteiger partial charge in [-0.05, 0) is 25.3 Å². The lowest BCUT2D eigenvalue weighted by Gasteiger charge is -2.16. The van der Waals surface area contributed by atoms with Crippen LogP contribution in [0, 0.1) is 0 Å². The average molecular weight is 248 g/mol. The van der Waals surface area contributed by atoms with Crippen molar-refractivity contribution in [1.82, 2.24) is 5.32 Å². The van der Waals surface area contributed by atoms with Gasteiger partial charge < -0.3 is 15.8 Å². The van der Waals surface area contributed by atoms with E-state index in [0.29, 0.717) is 6.29 Å². The lowest BCUT2D eigenvalue weighted by Crippen LogP contribution is -2.44. The minimum absolute atomic E-state index is 0.0513. The monoisotopic (exact) mass is 248 g/mol. The summed E-state index contributed by atoms with van der Waals surface area (Å²) in [7, 11) is 0. The summed E-state index contributed by atoms with van der Waals surface area (Å²) >= 11 is 0. The summed E-state index contributed by atoms with van der Waals surface area (Å²) in [5.74, 6) is -0.261. The Kier molecular flexibility index (Phi) is 6.08. The van der Waals surface area contributed by atoms with Crippen molar-refractivity contribution in [3.05, 3.63) is 35.9 Å². The molecule has 0 heterocycles. The van der Waals surface area contributed by atoms with Crippen LogP contribution in [0.4, 0.5) is 0 Å². The molecule has 98 valence electrons. The van der Waals surface area contributed by atoms with Crippen LogP contribution in [0.2, 0.25) is 0 Å². The normalized spacial score (nSPS) is 13.7. The summed E-state index contributed by atoms with van der Waals surface area (Å²) in [5, 5.41) is 2.81. The van der Waals surface area contributed by atoms with Crippen molar-refractivity contribution in [2.75, 3.05) is 0 Å². The van der Waals surface area contributed by atoms with E-state index < -0.39 is 6.04 Å². The lowest BCUT2D eigenvalue weighted by molar-refractivity contribution is -0.124. The molecule has 0 aliphatic rings. The fraction of sp³-hybridized carbons (Fsp3) is 0.429. The highest BCUT2D eigenvalue weighted by Gasteiger charge is 2.14. The number of hydrogen-bond donors (Lipinski definition) is 2. The minimum Gasteiger partial charge on any atom is -0.352 e. The first-order valence-corrected chi connectivity index (χ1v) is 6.17. The van der Waals surface area contributed by atoms with Gasteiger partial charge in [0.05, 0.1) is 6.04 Å². The molecule has 18 heavy (non-hydrogen) atoms. The van der Waals surface area contributed by atoms with Gasteiger partial charge in [0.15, 0.2) is 0 Å². The molecular weight excluding hydrogens is 228 g/mol. The summed E-state index contributed by atoms with van der Waals surface area (Å²) < 4.78 is 0. The Morgan fingerprint density at radius 2 is 2.06 bits per heavy atom. The fourth-order valence-corrected chi connectivity index (χ4v) is 1.66. The van der Waals surface area contributed by atoms with Crippen LogP contribution in [0.1, 0.15) is 25.3 Å². The van der Waals surface area contributed by atoms with Crippen LogP contribution in [-0.4, -0.2) is 24.3 Å². The van der Waals surface area contributed by atoms with Gasteiger partial charge in [0.25, 0.3) is 0 Å². The molecule has 0 bridgehead atoms. The predicted octanol–water partition coefficient (Wildman–Crippen LogP) is 1.04. The molecule has 1 aromatic carbocycles. The summed E-state index contributed by atoms with van der Waals surface area (Å²) in [6.45, 7) is 1.94. The van der Waals surface area contributed by atoms with Gasteiger partial charge in [-0.2, -0.15) is 0 Å². The maximum absolute atomic E-state index is 11.6. The predicted molar refractivity (Wildman–Crippen MR) is 71.0 cm³/mol. The molecule has 4 heteroatoms. The Bertz CT molecular complexity index is 379. The van der Waals surface area contributed by atoms with E-state index in [9.17, 15) is 9.59 Å². The molecule has 3 N–H and O–H groups in total. The molecule has 1 amide bonds. The zero-order valence-corrected chi connectivity index (χ0v) is 10.6. The average Bonchev–Trinajstić information content (AvgIpc) is 2.38. The number of benzene rings is 1. The second kappa shape index (κ2) is 7.61. The Morgan fingerprint density at radius 1 is 1.39 bits per heavy atom. The molecule has 0 radical (unpaired) electrons. The van der Waals surface area contributed by atoms with E-state index >= 15 is 0 Å². The first-order valence-electron chi connectivity index (χ1n) is 6.17. The van der Waals surface area contributed by atoms with E-state index in [1.807, 2.05) is 25.1 Å². The molecule has 0 saturated carbocycles. The topological polar surface area (TPSA) is 72.2 Å². The van der Waals surface area contributed by atoms with Gasteiger partial charge in [0.1, 0.15) is 6.29 Å². The van der Waals surface area contributed by atoms with E-state index in [1.165, 1.54) is 5.56 Å². The third-order valence-electron chi connectivity index (χ3n) is 2.78. The molecule has 0 fully saturated rings. The molecule has 1 unspecified atom stereocenters. The molecule has 0 spiro atoms. The van der Waals surface area contributed by atoms with Gasteiger partial charge in [0, 0.05) is 12.5 Å². The number of nitrogens with two attached hydrogens (primary N) is 1. The van der Waals surface area contributed by atoms with Gasteiger partial charge in [-0.25, -0.2) is 0 Å². The number of rotatable bonds is 7. The molecule has 4 nitrogen and oxygen atoms in total. The SMILES string of the molecule is C[C@H](CCc1ccccc1)NC(=O)C(N)CC=O. The summed E-state index contributed by atoms with van der Waals surface area (Å²) in [5.41, 5.74) is 6.79. The van der Waals surface area contributed by atoms with Gasteiger partial charge in [-0.3, -0.25) is 4.79 Å². The third kappa shape index (κ3) is 5.10. The van der Waals surface area contributed by atoms with Crippen molar-refractivity contribution in [2.45, 2.75) is 38.3 Å². The summed E-state index contributed by atoms with van der Waals surface area (Å²) in [6, 6.07) is 9.42. The first-order chi connectivity index (χ1) is 8.63. The zero-order chi connectivity index (χ0) is 13.4. The van der Waals surface area contributed by atoms with E-state index in [0.717, 1.165) is 12.8 Å². The summed E-state index contributed by atoms with van der Waals surface area (Å²) in [4.78, 5) is 21.8. The van der Waals surface area contributed by atoms with Crippen LogP contribution in [0.15, 0.2) is 30.3 Å². The molecule has 0 aliphatic carbocycles. The molecule has 1 rings (SSSR count). The van der Waals surface area contributed by atoms with Crippen LogP contribution in [0.25, 0.3) is 0 Å². The Balaban J connectivity index is 2.31. The number of nitrogens with one attached hydrogen (secondary N) is 1. The van der Waals surface area contributed by atoms with Crippen molar-refractivity contribution in [2.24, 2.45) is 5.73 Å². The number of aldehydes is 1. The quantitative estimate of drug-likeness (QED) is 0.708. The van der Waals surface area contributed by atoms with Crippen molar-refractivity contribution in [3.63, 3.8) is 0 Å². The maximum atomic E-state index is 11.6. The number of aryl methyl sites for hydroxylation is 1. The van der Waals surface area contributed by atoms with Crippen LogP contribution in [-0.2, 0) is 16.0 Å². The van der Waals surface area contributed by atoms with Gasteiger partial charge in [-0.1, -0.05) is 30.3 Å². The molecular formula is C14H20N2O2. The lowest BCUT2D eigenvalue weighted by atomic mass is 10.1. The number of carbonyl (C=O) groups is 2. The summed E-state index contributed by atoms with van der Waals surface area (Å²) in [6.07, 6.45) is 2.49. The van der Waals surface area contributed by atoms with Crippen LogP contribution in [0.3, 0.4) is 0 Å². The van der Waals surface area contributed by atoms with Crippen LogP contribution in [0.5, 0.6) is 0 Å². The zero-order valence-electron chi connectivity index (χ0n) is 10.6. The molecule has 0 aromatic heterocycles. The van der Waals surface area contributed by atoms with E-state index in [1.54, 1.807) is 0 Å². The Hall–Kier alpha value is -1.68. The second-order valence-corrected chi connectivity index (χ2v) is 4.44. The number of carbonyl (C=O) groups excluding carboxylic acids is 2. The van der Waals surface area contributed by atoms with Crippen molar-refractivity contribution in [1.29, 1.82) is 0 Å². The Morgan fingerprint density at radius 3 is 2.67 bits per heavy atom. The highest BCUT2D eigenvalue weighted by Crippen LogP contribution is 2.04. The van der Waals surface area contributed by atoms with Crippen LogP contribution < -0.4 is 11.1 Å². The number of amides is 1. The maximum Gasteiger partial charge on any atom is 0.237 e. The second-order valence-electron chi connectivity index (χ2n) is 4.44. The van der Waals surface area contributed by atoms with Gasteiger partial charge >= 0.3 is 0 Å². The van der Waals surface area contributed by atoms with Gasteiger partial charge in [0.2, 0.25) is 5.91 Å². The van der Waals surface area contributed by atoms with Gasteiger partial charge in [-0.15, -0.1) is 0 Å². The standard InChI is InChI=1S/C14H20N2O2/c1-11(16-14(18)13(15)9-10-17)7-8-12-5-3-2-4-6-12/h2-6,10-11,13H,7-9,15H2,1H3,(H,16,18)/t11-,13?/m1/s1. The van der Waals surface area contributed by atoms with Crippen molar-refractivity contribution in [3.8, 4) is 0 Å². The van der Waals surface area contributed by atoms with Crippen molar-refractivity contribution >= 4 is 12.2 Å². The molecule has 0 saturated heterocycles. The fourth-order valence-electron chi connectivity index (χ4n) is 1.66. The van der Waals surface area contributed by atoms with E-state index in [-0.39, 0.29) is 18.4 Å². The van der Waals surface area contributed by atoms with E-state index in [4.69, 9.17) is 5.73 Å².